The third kappa shape index (κ3) is 6.33. The number of rotatable bonds is 13. The van der Waals surface area contributed by atoms with Crippen molar-refractivity contribution in [3.05, 3.63) is 82.9 Å². The maximum atomic E-state index is 11.8. The van der Waals surface area contributed by atoms with Crippen molar-refractivity contribution < 1.29 is 30.6 Å². The van der Waals surface area contributed by atoms with E-state index in [-0.39, 0.29) is 19.3 Å². The number of allylic oxidation sites excluding steroid dienone is 1. The zero-order chi connectivity index (χ0) is 25.4. The van der Waals surface area contributed by atoms with Gasteiger partial charge in [0.05, 0.1) is 6.61 Å². The minimum atomic E-state index is -2.34. The first-order valence-electron chi connectivity index (χ1n) is 12.0. The number of hydrogen-bond acceptors (Lipinski definition) is 6. The van der Waals surface area contributed by atoms with Crippen LogP contribution in [0.5, 0.6) is 0 Å². The van der Waals surface area contributed by atoms with Gasteiger partial charge in [-0.1, -0.05) is 74.5 Å². The van der Waals surface area contributed by atoms with Crippen LogP contribution >= 0.6 is 0 Å². The van der Waals surface area contributed by atoms with E-state index in [2.05, 4.69) is 0 Å². The van der Waals surface area contributed by atoms with Gasteiger partial charge in [0.15, 0.2) is 0 Å². The predicted octanol–water partition coefficient (Wildman–Crippen LogP) is 2.10. The Labute approximate surface area is 202 Å². The van der Waals surface area contributed by atoms with Gasteiger partial charge in [-0.25, -0.2) is 0 Å². The molecule has 0 aromatic heterocycles. The van der Waals surface area contributed by atoms with Crippen molar-refractivity contribution in [2.24, 2.45) is 0 Å². The molecule has 0 aliphatic heterocycles. The fourth-order valence-electron chi connectivity index (χ4n) is 4.65. The molecule has 0 spiro atoms. The highest BCUT2D eigenvalue weighted by molar-refractivity contribution is 5.32. The number of aliphatic hydroxyl groups excluding tert-OH is 4. The number of benzene rings is 2. The summed E-state index contributed by atoms with van der Waals surface area (Å²) in [6, 6.07) is 14.9. The molecule has 6 N–H and O–H groups in total. The first kappa shape index (κ1) is 28.2. The van der Waals surface area contributed by atoms with Crippen molar-refractivity contribution in [1.82, 2.24) is 0 Å². The van der Waals surface area contributed by atoms with Gasteiger partial charge in [-0.05, 0) is 48.4 Å². The molecular formula is C28H40O6. The molecule has 6 nitrogen and oxygen atoms in total. The third-order valence-corrected chi connectivity index (χ3v) is 6.72. The summed E-state index contributed by atoms with van der Waals surface area (Å²) in [7, 11) is 0. The summed E-state index contributed by atoms with van der Waals surface area (Å²) in [6.07, 6.45) is -0.796. The Kier molecular flexibility index (Phi) is 10.4. The van der Waals surface area contributed by atoms with Crippen molar-refractivity contribution in [2.75, 3.05) is 6.61 Å². The fraction of sp³-hybridized carbons (Fsp3) is 0.500. The summed E-state index contributed by atoms with van der Waals surface area (Å²) in [4.78, 5) is 0. The van der Waals surface area contributed by atoms with Gasteiger partial charge in [-0.2, -0.15) is 0 Å². The lowest BCUT2D eigenvalue weighted by molar-refractivity contribution is -0.228. The van der Waals surface area contributed by atoms with Crippen LogP contribution in [0, 0.1) is 0 Å². The second-order valence-corrected chi connectivity index (χ2v) is 9.06. The van der Waals surface area contributed by atoms with Gasteiger partial charge < -0.3 is 30.6 Å². The molecule has 0 saturated carbocycles. The largest absolute Gasteiger partial charge is 0.394 e. The van der Waals surface area contributed by atoms with Gasteiger partial charge in [-0.15, -0.1) is 0 Å². The zero-order valence-electron chi connectivity index (χ0n) is 20.4. The first-order chi connectivity index (χ1) is 16.2. The monoisotopic (exact) mass is 472 g/mol. The van der Waals surface area contributed by atoms with Crippen LogP contribution in [-0.4, -0.2) is 66.8 Å². The maximum absolute atomic E-state index is 11.8. The zero-order valence-corrected chi connectivity index (χ0v) is 20.4. The van der Waals surface area contributed by atoms with E-state index in [0.29, 0.717) is 12.0 Å². The molecule has 0 aliphatic rings. The molecule has 188 valence electrons. The molecule has 6 heteroatoms. The lowest BCUT2D eigenvalue weighted by Crippen LogP contribution is -2.66. The molecule has 0 amide bonds. The highest BCUT2D eigenvalue weighted by atomic mass is 16.4. The Morgan fingerprint density at radius 1 is 0.794 bits per heavy atom. The van der Waals surface area contributed by atoms with E-state index < -0.39 is 36.1 Å². The standard InChI is InChI=1S/C28H40O6/c1-4-7-16-27(33,17-22-14-10-8-12-20(22)5-2)26(32)28(34,25(31)24(30)19-29)18-23-15-11-9-13-21(23)6-3/h4,7-15,24-26,29-34H,5-6,16-19H2,1-3H3/b7-4+/t24-,25+,26+,27?,28+/m0/s1. The van der Waals surface area contributed by atoms with Gasteiger partial charge in [-0.3, -0.25) is 0 Å². The average Bonchev–Trinajstić information content (AvgIpc) is 2.86. The molecule has 2 aromatic rings. The van der Waals surface area contributed by atoms with E-state index in [9.17, 15) is 30.6 Å². The van der Waals surface area contributed by atoms with Gasteiger partial charge in [0.2, 0.25) is 0 Å². The van der Waals surface area contributed by atoms with Crippen LogP contribution in [-0.2, 0) is 25.7 Å². The number of hydrogen-bond donors (Lipinski definition) is 6. The van der Waals surface area contributed by atoms with Crippen LogP contribution in [0.4, 0.5) is 0 Å². The lowest BCUT2D eigenvalue weighted by atomic mass is 9.71. The van der Waals surface area contributed by atoms with Crippen molar-refractivity contribution in [3.8, 4) is 0 Å². The average molecular weight is 473 g/mol. The lowest BCUT2D eigenvalue weighted by Gasteiger charge is -2.46. The highest BCUT2D eigenvalue weighted by Crippen LogP contribution is 2.36. The van der Waals surface area contributed by atoms with E-state index in [1.807, 2.05) is 50.2 Å². The topological polar surface area (TPSA) is 121 Å². The predicted molar refractivity (Wildman–Crippen MR) is 133 cm³/mol. The van der Waals surface area contributed by atoms with Crippen LogP contribution in [0.15, 0.2) is 60.7 Å². The Hall–Kier alpha value is -2.06. The molecule has 1 unspecified atom stereocenters. The van der Waals surface area contributed by atoms with Crippen LogP contribution in [0.3, 0.4) is 0 Å². The molecule has 34 heavy (non-hydrogen) atoms. The van der Waals surface area contributed by atoms with Crippen LogP contribution in [0.2, 0.25) is 0 Å². The van der Waals surface area contributed by atoms with Crippen LogP contribution in [0.25, 0.3) is 0 Å². The molecule has 5 atom stereocenters. The Morgan fingerprint density at radius 3 is 1.71 bits per heavy atom. The second-order valence-electron chi connectivity index (χ2n) is 9.06. The molecule has 2 aromatic carbocycles. The minimum absolute atomic E-state index is 0.0163. The van der Waals surface area contributed by atoms with Crippen molar-refractivity contribution >= 4 is 0 Å². The summed E-state index contributed by atoms with van der Waals surface area (Å²) in [5.41, 5.74) is -0.784. The van der Waals surface area contributed by atoms with E-state index in [0.717, 1.165) is 23.1 Å². The number of aryl methyl sites for hydroxylation is 2. The third-order valence-electron chi connectivity index (χ3n) is 6.72. The van der Waals surface area contributed by atoms with E-state index in [4.69, 9.17) is 0 Å². The number of aliphatic hydroxyl groups is 6. The molecule has 0 saturated heterocycles. The van der Waals surface area contributed by atoms with Gasteiger partial charge in [0.1, 0.15) is 29.5 Å². The van der Waals surface area contributed by atoms with E-state index in [1.165, 1.54) is 0 Å². The summed E-state index contributed by atoms with van der Waals surface area (Å²) in [6.45, 7) is 4.94. The summed E-state index contributed by atoms with van der Waals surface area (Å²) < 4.78 is 0. The summed E-state index contributed by atoms with van der Waals surface area (Å²) in [5.74, 6) is 0. The first-order valence-corrected chi connectivity index (χ1v) is 12.0. The van der Waals surface area contributed by atoms with Crippen molar-refractivity contribution in [2.45, 2.75) is 82.4 Å². The summed E-state index contributed by atoms with van der Waals surface area (Å²) >= 11 is 0. The molecular weight excluding hydrogens is 432 g/mol. The summed E-state index contributed by atoms with van der Waals surface area (Å²) in [5, 5.41) is 65.9. The van der Waals surface area contributed by atoms with Crippen molar-refractivity contribution in [3.63, 3.8) is 0 Å². The minimum Gasteiger partial charge on any atom is -0.394 e. The Morgan fingerprint density at radius 2 is 1.26 bits per heavy atom. The quantitative estimate of drug-likeness (QED) is 0.248. The molecule has 0 aliphatic carbocycles. The van der Waals surface area contributed by atoms with Gasteiger partial charge in [0.25, 0.3) is 0 Å². The highest BCUT2D eigenvalue weighted by Gasteiger charge is 2.54. The van der Waals surface area contributed by atoms with Gasteiger partial charge in [0, 0.05) is 12.8 Å². The fourth-order valence-corrected chi connectivity index (χ4v) is 4.65. The smallest absolute Gasteiger partial charge is 0.126 e. The van der Waals surface area contributed by atoms with Crippen molar-refractivity contribution in [1.29, 1.82) is 0 Å². The second kappa shape index (κ2) is 12.6. The normalized spacial score (nSPS) is 18.3. The molecule has 0 radical (unpaired) electrons. The molecule has 0 heterocycles. The maximum Gasteiger partial charge on any atom is 0.126 e. The van der Waals surface area contributed by atoms with Crippen LogP contribution < -0.4 is 0 Å². The Bertz CT molecular complexity index is 929. The van der Waals surface area contributed by atoms with E-state index >= 15 is 0 Å². The molecule has 0 bridgehead atoms. The molecule has 2 rings (SSSR count). The molecule has 0 fully saturated rings. The Balaban J connectivity index is 2.59. The SMILES string of the molecule is C/C=C/CC(O)(Cc1ccccc1CC)[C@@H](O)[C@@](O)(Cc1ccccc1CC)[C@H](O)[C@@H](O)CO. The van der Waals surface area contributed by atoms with E-state index in [1.54, 1.807) is 31.2 Å². The van der Waals surface area contributed by atoms with Gasteiger partial charge >= 0.3 is 0 Å². The van der Waals surface area contributed by atoms with Crippen LogP contribution in [0.1, 0.15) is 49.4 Å².